The molecule has 7 heteroatoms. The second-order valence-electron chi connectivity index (χ2n) is 6.64. The Morgan fingerprint density at radius 2 is 1.66 bits per heavy atom. The molecule has 29 heavy (non-hydrogen) atoms. The summed E-state index contributed by atoms with van der Waals surface area (Å²) in [5.41, 5.74) is 13.0. The van der Waals surface area contributed by atoms with Crippen molar-refractivity contribution in [3.63, 3.8) is 0 Å². The molecular weight excluding hydrogens is 379 g/mol. The van der Waals surface area contributed by atoms with E-state index >= 15 is 0 Å². The fourth-order valence-corrected chi connectivity index (χ4v) is 3.49. The summed E-state index contributed by atoms with van der Waals surface area (Å²) < 4.78 is 42.0. The van der Waals surface area contributed by atoms with E-state index in [2.05, 4.69) is 0 Å². The fourth-order valence-electron chi connectivity index (χ4n) is 3.49. The van der Waals surface area contributed by atoms with Crippen LogP contribution in [-0.2, 0) is 6.18 Å². The molecule has 0 radical (unpaired) electrons. The average Bonchev–Trinajstić information content (AvgIpc) is 3.06. The standard InChI is InChI=1S/C22H16F3N3O/c23-22(24,25)18-7-2-1-6-17(18)13-4-3-5-16(11-13)28-19-9-8-15(26)10-14(19)12-20(28)21(27)29/h1-12H,26H2,(H2,27,29). The quantitative estimate of drug-likeness (QED) is 0.479. The molecule has 1 amide bonds. The number of halogens is 3. The summed E-state index contributed by atoms with van der Waals surface area (Å²) in [6.07, 6.45) is -4.48. The van der Waals surface area contributed by atoms with Crippen molar-refractivity contribution in [1.82, 2.24) is 4.57 Å². The van der Waals surface area contributed by atoms with Gasteiger partial charge in [0.25, 0.3) is 5.91 Å². The number of anilines is 1. The first-order valence-electron chi connectivity index (χ1n) is 8.73. The highest BCUT2D eigenvalue weighted by atomic mass is 19.4. The Bertz CT molecular complexity index is 1240. The van der Waals surface area contributed by atoms with Crippen LogP contribution in [0.5, 0.6) is 0 Å². The molecule has 4 N–H and O–H groups in total. The number of alkyl halides is 3. The highest BCUT2D eigenvalue weighted by Crippen LogP contribution is 2.37. The van der Waals surface area contributed by atoms with Gasteiger partial charge in [-0.2, -0.15) is 13.2 Å². The van der Waals surface area contributed by atoms with Crippen molar-refractivity contribution < 1.29 is 18.0 Å². The van der Waals surface area contributed by atoms with Crippen LogP contribution in [0.4, 0.5) is 18.9 Å². The van der Waals surface area contributed by atoms with Crippen LogP contribution in [0.2, 0.25) is 0 Å². The number of primary amides is 1. The molecule has 0 aliphatic carbocycles. The first-order chi connectivity index (χ1) is 13.8. The van der Waals surface area contributed by atoms with Crippen molar-refractivity contribution in [3.05, 3.63) is 84.1 Å². The van der Waals surface area contributed by atoms with Crippen molar-refractivity contribution >= 4 is 22.5 Å². The number of hydrogen-bond acceptors (Lipinski definition) is 2. The third-order valence-electron chi connectivity index (χ3n) is 4.73. The Balaban J connectivity index is 1.95. The Morgan fingerprint density at radius 3 is 2.38 bits per heavy atom. The second kappa shape index (κ2) is 6.70. The topological polar surface area (TPSA) is 74.0 Å². The minimum Gasteiger partial charge on any atom is -0.399 e. The van der Waals surface area contributed by atoms with Crippen molar-refractivity contribution in [2.75, 3.05) is 5.73 Å². The maximum Gasteiger partial charge on any atom is 0.417 e. The van der Waals surface area contributed by atoms with Gasteiger partial charge in [0.2, 0.25) is 0 Å². The minimum atomic E-state index is -4.48. The van der Waals surface area contributed by atoms with Gasteiger partial charge in [0, 0.05) is 16.8 Å². The number of fused-ring (bicyclic) bond motifs is 1. The molecule has 1 aromatic heterocycles. The highest BCUT2D eigenvalue weighted by Gasteiger charge is 2.33. The number of benzene rings is 3. The molecule has 0 atom stereocenters. The van der Waals surface area contributed by atoms with Gasteiger partial charge in [-0.1, -0.05) is 30.3 Å². The molecule has 146 valence electrons. The molecule has 0 unspecified atom stereocenters. The third-order valence-corrected chi connectivity index (χ3v) is 4.73. The summed E-state index contributed by atoms with van der Waals surface area (Å²) in [5.74, 6) is -0.652. The number of aromatic nitrogens is 1. The van der Waals surface area contributed by atoms with E-state index < -0.39 is 17.6 Å². The Hall–Kier alpha value is -3.74. The van der Waals surface area contributed by atoms with Gasteiger partial charge in [-0.3, -0.25) is 4.79 Å². The van der Waals surface area contributed by atoms with Crippen molar-refractivity contribution in [3.8, 4) is 16.8 Å². The smallest absolute Gasteiger partial charge is 0.399 e. The van der Waals surface area contributed by atoms with E-state index in [9.17, 15) is 18.0 Å². The Kier molecular flexibility index (Phi) is 4.30. The molecule has 0 saturated heterocycles. The summed E-state index contributed by atoms with van der Waals surface area (Å²) in [6.45, 7) is 0. The first kappa shape index (κ1) is 18.6. The SMILES string of the molecule is NC(=O)c1cc2cc(N)ccc2n1-c1cccc(-c2ccccc2C(F)(F)F)c1. The predicted octanol–water partition coefficient (Wildman–Crippen LogP) is 5.00. The molecule has 0 aliphatic heterocycles. The van der Waals surface area contributed by atoms with E-state index in [1.807, 2.05) is 0 Å². The zero-order valence-corrected chi connectivity index (χ0v) is 15.1. The number of hydrogen-bond donors (Lipinski definition) is 2. The maximum absolute atomic E-state index is 13.4. The molecule has 0 saturated carbocycles. The molecule has 4 nitrogen and oxygen atoms in total. The zero-order valence-electron chi connectivity index (χ0n) is 15.1. The zero-order chi connectivity index (χ0) is 20.8. The van der Waals surface area contributed by atoms with Gasteiger partial charge in [0.1, 0.15) is 5.69 Å². The first-order valence-corrected chi connectivity index (χ1v) is 8.73. The van der Waals surface area contributed by atoms with Gasteiger partial charge < -0.3 is 16.0 Å². The number of amides is 1. The summed E-state index contributed by atoms with van der Waals surface area (Å²) in [5, 5.41) is 0.708. The normalized spacial score (nSPS) is 11.7. The van der Waals surface area contributed by atoms with Gasteiger partial charge in [-0.15, -0.1) is 0 Å². The number of rotatable bonds is 3. The summed E-state index contributed by atoms with van der Waals surface area (Å²) in [6, 6.07) is 18.7. The van der Waals surface area contributed by atoms with E-state index in [1.54, 1.807) is 59.2 Å². The molecule has 4 rings (SSSR count). The predicted molar refractivity (Wildman–Crippen MR) is 107 cm³/mol. The molecule has 1 heterocycles. The van der Waals surface area contributed by atoms with E-state index in [0.29, 0.717) is 27.8 Å². The van der Waals surface area contributed by atoms with Crippen LogP contribution < -0.4 is 11.5 Å². The monoisotopic (exact) mass is 395 g/mol. The Morgan fingerprint density at radius 1 is 0.897 bits per heavy atom. The lowest BCUT2D eigenvalue weighted by atomic mass is 9.99. The molecule has 0 fully saturated rings. The fraction of sp³-hybridized carbons (Fsp3) is 0.0455. The second-order valence-corrected chi connectivity index (χ2v) is 6.64. The van der Waals surface area contributed by atoms with E-state index in [-0.39, 0.29) is 11.3 Å². The highest BCUT2D eigenvalue weighted by molar-refractivity contribution is 5.99. The molecular formula is C22H16F3N3O. The van der Waals surface area contributed by atoms with Gasteiger partial charge in [-0.25, -0.2) is 0 Å². The largest absolute Gasteiger partial charge is 0.417 e. The third kappa shape index (κ3) is 3.31. The summed E-state index contributed by atoms with van der Waals surface area (Å²) in [4.78, 5) is 12.0. The lowest BCUT2D eigenvalue weighted by molar-refractivity contribution is -0.137. The lowest BCUT2D eigenvalue weighted by Crippen LogP contribution is -2.16. The summed E-state index contributed by atoms with van der Waals surface area (Å²) >= 11 is 0. The Labute approximate surface area is 164 Å². The molecule has 4 aromatic rings. The molecule has 0 spiro atoms. The van der Waals surface area contributed by atoms with Crippen LogP contribution in [0.1, 0.15) is 16.1 Å². The van der Waals surface area contributed by atoms with E-state index in [1.165, 1.54) is 12.1 Å². The van der Waals surface area contributed by atoms with Gasteiger partial charge >= 0.3 is 6.18 Å². The average molecular weight is 395 g/mol. The number of nitrogens with zero attached hydrogens (tertiary/aromatic N) is 1. The van der Waals surface area contributed by atoms with Crippen molar-refractivity contribution in [2.45, 2.75) is 6.18 Å². The number of nitrogen functional groups attached to an aromatic ring is 1. The summed E-state index contributed by atoms with van der Waals surface area (Å²) in [7, 11) is 0. The molecule has 0 bridgehead atoms. The van der Waals surface area contributed by atoms with E-state index in [0.717, 1.165) is 6.07 Å². The number of nitrogens with two attached hydrogens (primary N) is 2. The maximum atomic E-state index is 13.4. The van der Waals surface area contributed by atoms with Crippen LogP contribution in [0.15, 0.2) is 72.8 Å². The van der Waals surface area contributed by atoms with Gasteiger partial charge in [0.05, 0.1) is 11.1 Å². The van der Waals surface area contributed by atoms with Crippen molar-refractivity contribution in [1.29, 1.82) is 0 Å². The van der Waals surface area contributed by atoms with Crippen LogP contribution in [-0.4, -0.2) is 10.5 Å². The van der Waals surface area contributed by atoms with Gasteiger partial charge in [0.15, 0.2) is 0 Å². The van der Waals surface area contributed by atoms with Gasteiger partial charge in [-0.05, 0) is 53.6 Å². The number of carbonyl (C=O) groups is 1. The molecule has 0 aliphatic rings. The van der Waals surface area contributed by atoms with Crippen LogP contribution >= 0.6 is 0 Å². The minimum absolute atomic E-state index is 0.0585. The molecule has 3 aromatic carbocycles. The van der Waals surface area contributed by atoms with Crippen molar-refractivity contribution in [2.24, 2.45) is 5.73 Å². The van der Waals surface area contributed by atoms with Crippen LogP contribution in [0.3, 0.4) is 0 Å². The van der Waals surface area contributed by atoms with E-state index in [4.69, 9.17) is 11.5 Å². The number of carbonyl (C=O) groups excluding carboxylic acids is 1. The van der Waals surface area contributed by atoms with Crippen LogP contribution in [0.25, 0.3) is 27.7 Å². The van der Waals surface area contributed by atoms with Crippen LogP contribution in [0, 0.1) is 0 Å². The lowest BCUT2D eigenvalue weighted by Gasteiger charge is -2.15.